The first-order chi connectivity index (χ1) is 13.0. The maximum atomic E-state index is 13.1. The van der Waals surface area contributed by atoms with Gasteiger partial charge in [0.25, 0.3) is 5.91 Å². The molecule has 1 aromatic heterocycles. The van der Waals surface area contributed by atoms with Crippen molar-refractivity contribution in [2.24, 2.45) is 0 Å². The lowest BCUT2D eigenvalue weighted by molar-refractivity contribution is -0.133. The van der Waals surface area contributed by atoms with Gasteiger partial charge in [0.05, 0.1) is 18.3 Å². The number of aromatic nitrogens is 1. The fourth-order valence-electron chi connectivity index (χ4n) is 2.79. The van der Waals surface area contributed by atoms with Crippen LogP contribution < -0.4 is 5.32 Å². The zero-order valence-corrected chi connectivity index (χ0v) is 14.3. The highest BCUT2D eigenvalue weighted by Gasteiger charge is 2.26. The number of nitrogens with one attached hydrogen (secondary N) is 1. The zero-order valence-electron chi connectivity index (χ0n) is 14.3. The SMILES string of the molecule is O=C(N[C@H](CF)[C@@H](O)c1ccc(-c2ccc(C3CCO3)nc2)cc1)C(F)F. The molecule has 2 N–H and O–H groups in total. The summed E-state index contributed by atoms with van der Waals surface area (Å²) in [6.07, 6.45) is -1.98. The first kappa shape index (κ1) is 19.3. The van der Waals surface area contributed by atoms with Crippen molar-refractivity contribution in [2.45, 2.75) is 31.1 Å². The Hall–Kier alpha value is -2.45. The Morgan fingerprint density at radius 2 is 1.89 bits per heavy atom. The fourth-order valence-corrected chi connectivity index (χ4v) is 2.79. The second-order valence-electron chi connectivity index (χ2n) is 6.26. The summed E-state index contributed by atoms with van der Waals surface area (Å²) < 4.78 is 43.1. The Bertz CT molecular complexity index is 765. The van der Waals surface area contributed by atoms with Crippen LogP contribution in [0.25, 0.3) is 11.1 Å². The third kappa shape index (κ3) is 4.45. The smallest absolute Gasteiger partial charge is 0.315 e. The van der Waals surface area contributed by atoms with Crippen LogP contribution in [0.2, 0.25) is 0 Å². The second kappa shape index (κ2) is 8.49. The van der Waals surface area contributed by atoms with Gasteiger partial charge in [-0.2, -0.15) is 8.78 Å². The van der Waals surface area contributed by atoms with Gasteiger partial charge < -0.3 is 15.2 Å². The molecule has 0 spiro atoms. The molecule has 0 saturated carbocycles. The van der Waals surface area contributed by atoms with Gasteiger partial charge in [-0.3, -0.25) is 9.78 Å². The van der Waals surface area contributed by atoms with Crippen LogP contribution in [0.5, 0.6) is 0 Å². The number of carbonyl (C=O) groups excluding carboxylic acids is 1. The number of hydrogen-bond acceptors (Lipinski definition) is 4. The molecule has 2 aromatic rings. The molecule has 3 rings (SSSR count). The van der Waals surface area contributed by atoms with Crippen LogP contribution in [-0.2, 0) is 9.53 Å². The van der Waals surface area contributed by atoms with Crippen molar-refractivity contribution in [2.75, 3.05) is 13.3 Å². The Morgan fingerprint density at radius 3 is 2.37 bits per heavy atom. The van der Waals surface area contributed by atoms with Gasteiger partial charge in [0.15, 0.2) is 0 Å². The minimum atomic E-state index is -3.27. The van der Waals surface area contributed by atoms with Gasteiger partial charge in [-0.15, -0.1) is 0 Å². The van der Waals surface area contributed by atoms with E-state index >= 15 is 0 Å². The number of aliphatic hydroxyl groups is 1. The third-order valence-corrected chi connectivity index (χ3v) is 4.47. The van der Waals surface area contributed by atoms with Crippen LogP contribution in [0, 0.1) is 0 Å². The van der Waals surface area contributed by atoms with Gasteiger partial charge >= 0.3 is 6.43 Å². The number of carbonyl (C=O) groups is 1. The molecular formula is C19H19F3N2O3. The molecule has 1 unspecified atom stereocenters. The molecule has 8 heteroatoms. The van der Waals surface area contributed by atoms with E-state index in [9.17, 15) is 23.1 Å². The molecule has 27 heavy (non-hydrogen) atoms. The monoisotopic (exact) mass is 380 g/mol. The fraction of sp³-hybridized carbons (Fsp3) is 0.368. The van der Waals surface area contributed by atoms with Gasteiger partial charge in [-0.1, -0.05) is 30.3 Å². The number of amides is 1. The van der Waals surface area contributed by atoms with Crippen molar-refractivity contribution in [1.82, 2.24) is 10.3 Å². The lowest BCUT2D eigenvalue weighted by Gasteiger charge is -2.25. The quantitative estimate of drug-likeness (QED) is 0.775. The summed E-state index contributed by atoms with van der Waals surface area (Å²) >= 11 is 0. The molecule has 144 valence electrons. The molecule has 0 bridgehead atoms. The van der Waals surface area contributed by atoms with E-state index < -0.39 is 31.2 Å². The molecule has 0 radical (unpaired) electrons. The lowest BCUT2D eigenvalue weighted by atomic mass is 9.99. The maximum absolute atomic E-state index is 13.1. The maximum Gasteiger partial charge on any atom is 0.315 e. The van der Waals surface area contributed by atoms with Crippen molar-refractivity contribution in [3.8, 4) is 11.1 Å². The van der Waals surface area contributed by atoms with E-state index in [2.05, 4.69) is 4.98 Å². The summed E-state index contributed by atoms with van der Waals surface area (Å²) in [6, 6.07) is 8.88. The molecule has 2 heterocycles. The average Bonchev–Trinajstić information content (AvgIpc) is 2.64. The van der Waals surface area contributed by atoms with Gasteiger partial charge in [0, 0.05) is 18.2 Å². The molecule has 1 amide bonds. The van der Waals surface area contributed by atoms with Gasteiger partial charge in [0.1, 0.15) is 18.9 Å². The largest absolute Gasteiger partial charge is 0.386 e. The number of aliphatic hydroxyl groups excluding tert-OH is 1. The van der Waals surface area contributed by atoms with Crippen LogP contribution in [0.3, 0.4) is 0 Å². The topological polar surface area (TPSA) is 71.5 Å². The summed E-state index contributed by atoms with van der Waals surface area (Å²) in [7, 11) is 0. The summed E-state index contributed by atoms with van der Waals surface area (Å²) in [5.74, 6) is -1.62. The number of alkyl halides is 3. The van der Waals surface area contributed by atoms with Crippen molar-refractivity contribution >= 4 is 5.91 Å². The number of ether oxygens (including phenoxy) is 1. The summed E-state index contributed by atoms with van der Waals surface area (Å²) in [5.41, 5.74) is 2.86. The van der Waals surface area contributed by atoms with Crippen LogP contribution in [-0.4, -0.2) is 41.7 Å². The number of benzene rings is 1. The molecule has 0 aliphatic carbocycles. The highest BCUT2D eigenvalue weighted by molar-refractivity contribution is 5.79. The van der Waals surface area contributed by atoms with E-state index in [1.807, 2.05) is 12.1 Å². The second-order valence-corrected chi connectivity index (χ2v) is 6.26. The van der Waals surface area contributed by atoms with Crippen molar-refractivity contribution in [3.05, 3.63) is 53.9 Å². The van der Waals surface area contributed by atoms with Gasteiger partial charge in [-0.05, 0) is 17.2 Å². The minimum Gasteiger partial charge on any atom is -0.386 e. The lowest BCUT2D eigenvalue weighted by Crippen LogP contribution is -2.43. The number of pyridine rings is 1. The van der Waals surface area contributed by atoms with Gasteiger partial charge in [0.2, 0.25) is 0 Å². The Morgan fingerprint density at radius 1 is 1.22 bits per heavy atom. The molecule has 3 atom stereocenters. The first-order valence-corrected chi connectivity index (χ1v) is 8.50. The Kier molecular flexibility index (Phi) is 6.08. The first-order valence-electron chi connectivity index (χ1n) is 8.50. The predicted octanol–water partition coefficient (Wildman–Crippen LogP) is 2.96. The van der Waals surface area contributed by atoms with Gasteiger partial charge in [-0.25, -0.2) is 4.39 Å². The number of rotatable bonds is 7. The Labute approximate surface area is 154 Å². The average molecular weight is 380 g/mol. The van der Waals surface area contributed by atoms with E-state index in [-0.39, 0.29) is 6.10 Å². The third-order valence-electron chi connectivity index (χ3n) is 4.47. The minimum absolute atomic E-state index is 0.0534. The predicted molar refractivity (Wildman–Crippen MR) is 91.9 cm³/mol. The summed E-state index contributed by atoms with van der Waals surface area (Å²) in [5, 5.41) is 12.0. The molecule has 1 aromatic carbocycles. The molecule has 1 aliphatic rings. The van der Waals surface area contributed by atoms with Crippen LogP contribution in [0.15, 0.2) is 42.6 Å². The normalized spacial score (nSPS) is 18.6. The van der Waals surface area contributed by atoms with Crippen molar-refractivity contribution in [1.29, 1.82) is 0 Å². The summed E-state index contributed by atoms with van der Waals surface area (Å²) in [4.78, 5) is 15.4. The standard InChI is InChI=1S/C19H19F3N2O3/c20-9-15(24-19(26)18(21)22)17(25)12-3-1-11(2-4-12)13-5-6-14(23-10-13)16-7-8-27-16/h1-6,10,15-18,25H,7-9H2,(H,24,26)/t15-,16?,17+/m1/s1. The van der Waals surface area contributed by atoms with E-state index in [1.54, 1.807) is 35.8 Å². The Balaban J connectivity index is 1.69. The van der Waals surface area contributed by atoms with Crippen molar-refractivity contribution in [3.63, 3.8) is 0 Å². The molecule has 1 saturated heterocycles. The summed E-state index contributed by atoms with van der Waals surface area (Å²) in [6.45, 7) is -0.425. The highest BCUT2D eigenvalue weighted by Crippen LogP contribution is 2.29. The van der Waals surface area contributed by atoms with Crippen LogP contribution >= 0.6 is 0 Å². The molecule has 1 fully saturated rings. The molecular weight excluding hydrogens is 361 g/mol. The molecule has 1 aliphatic heterocycles. The number of nitrogens with zero attached hydrogens (tertiary/aromatic N) is 1. The van der Waals surface area contributed by atoms with E-state index in [0.29, 0.717) is 5.56 Å². The van der Waals surface area contributed by atoms with Crippen LogP contribution in [0.1, 0.15) is 29.9 Å². The number of halogens is 3. The van der Waals surface area contributed by atoms with Crippen molar-refractivity contribution < 1.29 is 27.8 Å². The van der Waals surface area contributed by atoms with E-state index in [1.165, 1.54) is 0 Å². The van der Waals surface area contributed by atoms with E-state index in [4.69, 9.17) is 4.74 Å². The van der Waals surface area contributed by atoms with E-state index in [0.717, 1.165) is 29.8 Å². The highest BCUT2D eigenvalue weighted by atomic mass is 19.3. The van der Waals surface area contributed by atoms with Crippen LogP contribution in [0.4, 0.5) is 13.2 Å². The zero-order chi connectivity index (χ0) is 19.4. The molecule has 5 nitrogen and oxygen atoms in total. The number of hydrogen-bond donors (Lipinski definition) is 2.